The number of hydrogen-bond donors (Lipinski definition) is 0. The van der Waals surface area contributed by atoms with Gasteiger partial charge in [-0.3, -0.25) is 9.78 Å². The summed E-state index contributed by atoms with van der Waals surface area (Å²) in [4.78, 5) is 20.3. The van der Waals surface area contributed by atoms with Crippen molar-refractivity contribution in [2.75, 3.05) is 0 Å². The van der Waals surface area contributed by atoms with Gasteiger partial charge in [0.25, 0.3) is 11.4 Å². The van der Waals surface area contributed by atoms with Crippen LogP contribution in [0.3, 0.4) is 0 Å². The normalized spacial score (nSPS) is 10.8. The van der Waals surface area contributed by atoms with Crippen molar-refractivity contribution in [3.8, 4) is 23.0 Å². The highest BCUT2D eigenvalue weighted by molar-refractivity contribution is 5.56. The van der Waals surface area contributed by atoms with Crippen LogP contribution in [0.1, 0.15) is 5.56 Å². The van der Waals surface area contributed by atoms with E-state index in [0.29, 0.717) is 22.6 Å². The van der Waals surface area contributed by atoms with Crippen LogP contribution in [0.15, 0.2) is 70.2 Å². The molecule has 128 valence electrons. The maximum absolute atomic E-state index is 13.3. The zero-order chi connectivity index (χ0) is 17.9. The van der Waals surface area contributed by atoms with E-state index in [4.69, 9.17) is 4.52 Å². The molecule has 0 saturated heterocycles. The van der Waals surface area contributed by atoms with E-state index in [1.807, 2.05) is 0 Å². The molecule has 7 nitrogen and oxygen atoms in total. The van der Waals surface area contributed by atoms with Crippen molar-refractivity contribution in [3.63, 3.8) is 0 Å². The van der Waals surface area contributed by atoms with Crippen molar-refractivity contribution >= 4 is 0 Å². The third-order valence-corrected chi connectivity index (χ3v) is 3.65. The fourth-order valence-corrected chi connectivity index (χ4v) is 2.42. The summed E-state index contributed by atoms with van der Waals surface area (Å²) in [5.41, 5.74) is 1.36. The summed E-state index contributed by atoms with van der Waals surface area (Å²) >= 11 is 0. The smallest absolute Gasteiger partial charge is 0.278 e. The summed E-state index contributed by atoms with van der Waals surface area (Å²) in [6.07, 6.45) is 3.27. The van der Waals surface area contributed by atoms with Gasteiger partial charge in [-0.1, -0.05) is 17.3 Å². The van der Waals surface area contributed by atoms with E-state index in [2.05, 4.69) is 20.2 Å². The first-order chi connectivity index (χ1) is 12.7. The van der Waals surface area contributed by atoms with Gasteiger partial charge in [0.1, 0.15) is 11.5 Å². The molecule has 0 aliphatic carbocycles. The van der Waals surface area contributed by atoms with Crippen LogP contribution < -0.4 is 5.56 Å². The second-order valence-electron chi connectivity index (χ2n) is 5.51. The lowest BCUT2D eigenvalue weighted by molar-refractivity contribution is 0.429. The second kappa shape index (κ2) is 6.67. The van der Waals surface area contributed by atoms with E-state index in [9.17, 15) is 9.18 Å². The highest BCUT2D eigenvalue weighted by Gasteiger charge is 2.13. The second-order valence-corrected chi connectivity index (χ2v) is 5.51. The molecule has 26 heavy (non-hydrogen) atoms. The van der Waals surface area contributed by atoms with Crippen molar-refractivity contribution in [1.82, 2.24) is 24.9 Å². The first-order valence-electron chi connectivity index (χ1n) is 7.76. The van der Waals surface area contributed by atoms with Crippen molar-refractivity contribution in [2.45, 2.75) is 6.54 Å². The summed E-state index contributed by atoms with van der Waals surface area (Å²) in [6.45, 7) is 0.133. The van der Waals surface area contributed by atoms with Gasteiger partial charge in [-0.2, -0.15) is 10.1 Å². The average Bonchev–Trinajstić information content (AvgIpc) is 3.14. The molecular formula is C18H12FN5O2. The predicted octanol–water partition coefficient (Wildman–Crippen LogP) is 2.54. The molecule has 1 aromatic carbocycles. The topological polar surface area (TPSA) is 86.7 Å². The molecule has 0 saturated carbocycles. The van der Waals surface area contributed by atoms with Crippen LogP contribution in [-0.2, 0) is 6.54 Å². The molecule has 3 aromatic heterocycles. The van der Waals surface area contributed by atoms with Gasteiger partial charge < -0.3 is 4.52 Å². The van der Waals surface area contributed by atoms with Crippen LogP contribution in [0.5, 0.6) is 0 Å². The maximum Gasteiger partial charge on any atom is 0.278 e. The molecule has 0 N–H and O–H groups in total. The Bertz CT molecular complexity index is 1110. The monoisotopic (exact) mass is 349 g/mol. The van der Waals surface area contributed by atoms with E-state index in [1.54, 1.807) is 36.7 Å². The van der Waals surface area contributed by atoms with Crippen LogP contribution in [0.2, 0.25) is 0 Å². The van der Waals surface area contributed by atoms with E-state index in [1.165, 1.54) is 28.9 Å². The van der Waals surface area contributed by atoms with Gasteiger partial charge >= 0.3 is 0 Å². The van der Waals surface area contributed by atoms with E-state index in [0.717, 1.165) is 0 Å². The van der Waals surface area contributed by atoms with Gasteiger partial charge in [0.05, 0.1) is 6.54 Å². The molecule has 0 radical (unpaired) electrons. The van der Waals surface area contributed by atoms with Crippen molar-refractivity contribution in [3.05, 3.63) is 82.7 Å². The lowest BCUT2D eigenvalue weighted by atomic mass is 10.2. The molecular weight excluding hydrogens is 337 g/mol. The average molecular weight is 349 g/mol. The molecule has 8 heteroatoms. The van der Waals surface area contributed by atoms with E-state index < -0.39 is 0 Å². The summed E-state index contributed by atoms with van der Waals surface area (Å²) in [5, 5.41) is 8.15. The third kappa shape index (κ3) is 3.25. The quantitative estimate of drug-likeness (QED) is 0.563. The maximum atomic E-state index is 13.3. The minimum atomic E-state index is -0.371. The number of halogens is 1. The number of benzene rings is 1. The van der Waals surface area contributed by atoms with Gasteiger partial charge in [-0.15, -0.1) is 0 Å². The lowest BCUT2D eigenvalue weighted by Crippen LogP contribution is -2.22. The third-order valence-electron chi connectivity index (χ3n) is 3.65. The molecule has 0 amide bonds. The SMILES string of the molecule is O=c1ccc(-c2nc(-c3cccnc3)no2)nn1Cc1cccc(F)c1. The Balaban J connectivity index is 1.66. The summed E-state index contributed by atoms with van der Waals surface area (Å²) < 4.78 is 19.8. The Kier molecular flexibility index (Phi) is 4.06. The van der Waals surface area contributed by atoms with Crippen molar-refractivity contribution < 1.29 is 8.91 Å². The first kappa shape index (κ1) is 15.8. The molecule has 0 aliphatic rings. The predicted molar refractivity (Wildman–Crippen MR) is 90.5 cm³/mol. The van der Waals surface area contributed by atoms with Crippen LogP contribution >= 0.6 is 0 Å². The van der Waals surface area contributed by atoms with Crippen LogP contribution in [0.25, 0.3) is 23.0 Å². The number of rotatable bonds is 4. The zero-order valence-electron chi connectivity index (χ0n) is 13.4. The Morgan fingerprint density at radius 1 is 1.12 bits per heavy atom. The number of aromatic nitrogens is 5. The standard InChI is InChI=1S/C18H12FN5O2/c19-14-5-1-3-12(9-14)11-24-16(25)7-6-15(22-24)18-21-17(23-26-18)13-4-2-8-20-10-13/h1-10H,11H2. The van der Waals surface area contributed by atoms with Crippen LogP contribution in [0.4, 0.5) is 4.39 Å². The minimum Gasteiger partial charge on any atom is -0.332 e. The summed E-state index contributed by atoms with van der Waals surface area (Å²) in [5.74, 6) is 0.180. The molecule has 0 bridgehead atoms. The number of pyridine rings is 1. The van der Waals surface area contributed by atoms with Gasteiger partial charge in [-0.25, -0.2) is 9.07 Å². The van der Waals surface area contributed by atoms with Crippen molar-refractivity contribution in [1.29, 1.82) is 0 Å². The zero-order valence-corrected chi connectivity index (χ0v) is 13.4. The molecule has 4 aromatic rings. The molecule has 0 atom stereocenters. The Morgan fingerprint density at radius 3 is 2.85 bits per heavy atom. The van der Waals surface area contributed by atoms with Gasteiger partial charge in [0, 0.05) is 24.0 Å². The van der Waals surface area contributed by atoms with Gasteiger partial charge in [0.2, 0.25) is 5.82 Å². The number of hydrogen-bond acceptors (Lipinski definition) is 6. The molecule has 0 aliphatic heterocycles. The Hall–Kier alpha value is -3.68. The van der Waals surface area contributed by atoms with Gasteiger partial charge in [-0.05, 0) is 35.9 Å². The van der Waals surface area contributed by atoms with Crippen molar-refractivity contribution in [2.24, 2.45) is 0 Å². The molecule has 0 unspecified atom stereocenters. The Morgan fingerprint density at radius 2 is 2.04 bits per heavy atom. The largest absolute Gasteiger partial charge is 0.332 e. The van der Waals surface area contributed by atoms with Crippen LogP contribution in [0, 0.1) is 5.82 Å². The minimum absolute atomic E-state index is 0.133. The lowest BCUT2D eigenvalue weighted by Gasteiger charge is -2.05. The van der Waals surface area contributed by atoms with E-state index >= 15 is 0 Å². The number of nitrogens with zero attached hydrogens (tertiary/aromatic N) is 5. The molecule has 3 heterocycles. The highest BCUT2D eigenvalue weighted by Crippen LogP contribution is 2.19. The fraction of sp³-hybridized carbons (Fsp3) is 0.0556. The van der Waals surface area contributed by atoms with Crippen LogP contribution in [-0.4, -0.2) is 24.9 Å². The fourth-order valence-electron chi connectivity index (χ4n) is 2.42. The summed E-state index contributed by atoms with van der Waals surface area (Å²) in [7, 11) is 0. The Labute approximate surface area is 146 Å². The first-order valence-corrected chi connectivity index (χ1v) is 7.76. The molecule has 4 rings (SSSR count). The molecule has 0 fully saturated rings. The summed E-state index contributed by atoms with van der Waals surface area (Å²) in [6, 6.07) is 12.4. The van der Waals surface area contributed by atoms with E-state index in [-0.39, 0.29) is 23.8 Å². The highest BCUT2D eigenvalue weighted by atomic mass is 19.1. The van der Waals surface area contributed by atoms with Gasteiger partial charge in [0.15, 0.2) is 0 Å². The molecule has 0 spiro atoms.